The van der Waals surface area contributed by atoms with Gasteiger partial charge in [-0.05, 0) is 24.6 Å². The van der Waals surface area contributed by atoms with Gasteiger partial charge in [-0.15, -0.1) is 0 Å². The van der Waals surface area contributed by atoms with Gasteiger partial charge in [0.25, 0.3) is 0 Å². The fraction of sp³-hybridized carbons (Fsp3) is 0.267. The summed E-state index contributed by atoms with van der Waals surface area (Å²) in [7, 11) is 0. The Hall–Kier alpha value is -2.07. The number of benzene rings is 1. The Kier molecular flexibility index (Phi) is 4.36. The van der Waals surface area contributed by atoms with Gasteiger partial charge in [-0.1, -0.05) is 30.3 Å². The molecule has 0 fully saturated rings. The van der Waals surface area contributed by atoms with E-state index < -0.39 is 11.9 Å². The third kappa shape index (κ3) is 3.45. The summed E-state index contributed by atoms with van der Waals surface area (Å²) in [6.07, 6.45) is 1.61. The lowest BCUT2D eigenvalue weighted by molar-refractivity contribution is -0.138. The maximum absolute atomic E-state index is 11.3. The summed E-state index contributed by atoms with van der Waals surface area (Å²) in [4.78, 5) is 11.3. The van der Waals surface area contributed by atoms with Gasteiger partial charge in [0.05, 0.1) is 18.2 Å². The van der Waals surface area contributed by atoms with Crippen LogP contribution in [0.4, 0.5) is 0 Å². The monoisotopic (exact) mass is 259 g/mol. The highest BCUT2D eigenvalue weighted by atomic mass is 16.4. The van der Waals surface area contributed by atoms with E-state index in [2.05, 4.69) is 5.32 Å². The summed E-state index contributed by atoms with van der Waals surface area (Å²) in [5, 5.41) is 12.5. The number of rotatable bonds is 6. The normalized spacial score (nSPS) is 13.9. The minimum Gasteiger partial charge on any atom is -0.481 e. The van der Waals surface area contributed by atoms with Crippen molar-refractivity contribution in [2.24, 2.45) is 0 Å². The molecule has 0 aliphatic heterocycles. The average Bonchev–Trinajstić information content (AvgIpc) is 2.93. The average molecular weight is 259 g/mol. The van der Waals surface area contributed by atoms with E-state index in [9.17, 15) is 9.90 Å². The highest BCUT2D eigenvalue weighted by Crippen LogP contribution is 2.18. The van der Waals surface area contributed by atoms with Crippen LogP contribution in [0.25, 0.3) is 0 Å². The van der Waals surface area contributed by atoms with Gasteiger partial charge >= 0.3 is 5.97 Å². The third-order valence-corrected chi connectivity index (χ3v) is 3.10. The zero-order valence-corrected chi connectivity index (χ0v) is 10.7. The first-order valence-electron chi connectivity index (χ1n) is 6.23. The second kappa shape index (κ2) is 6.20. The number of hydrogen-bond donors (Lipinski definition) is 2. The minimum absolute atomic E-state index is 0.0134. The molecule has 2 rings (SSSR count). The van der Waals surface area contributed by atoms with Gasteiger partial charge in [-0.3, -0.25) is 4.79 Å². The zero-order valence-electron chi connectivity index (χ0n) is 10.7. The molecule has 0 radical (unpaired) electrons. The molecule has 2 unspecified atom stereocenters. The Bertz CT molecular complexity index is 507. The second-order valence-electron chi connectivity index (χ2n) is 4.45. The predicted octanol–water partition coefficient (Wildman–Crippen LogP) is 2.80. The molecule has 0 aliphatic rings. The summed E-state index contributed by atoms with van der Waals surface area (Å²) in [6, 6.07) is 12.9. The predicted molar refractivity (Wildman–Crippen MR) is 71.9 cm³/mol. The summed E-state index contributed by atoms with van der Waals surface area (Å²) >= 11 is 0. The van der Waals surface area contributed by atoms with Gasteiger partial charge < -0.3 is 14.8 Å². The Balaban J connectivity index is 2.01. The molecule has 2 N–H and O–H groups in total. The topological polar surface area (TPSA) is 62.5 Å². The van der Waals surface area contributed by atoms with Crippen molar-refractivity contribution in [1.29, 1.82) is 0 Å². The SMILES string of the molecule is CC(NCC(C(=O)O)c1ccccc1)c1ccco1. The number of carbonyl (C=O) groups is 1. The fourth-order valence-electron chi connectivity index (χ4n) is 1.97. The molecular formula is C15H17NO3. The molecule has 100 valence electrons. The molecule has 0 amide bonds. The van der Waals surface area contributed by atoms with Gasteiger partial charge in [0.2, 0.25) is 0 Å². The lowest BCUT2D eigenvalue weighted by atomic mass is 9.99. The van der Waals surface area contributed by atoms with Crippen LogP contribution in [0.3, 0.4) is 0 Å². The van der Waals surface area contributed by atoms with Gasteiger partial charge in [-0.2, -0.15) is 0 Å². The Morgan fingerprint density at radius 1 is 1.26 bits per heavy atom. The molecule has 0 bridgehead atoms. The number of aliphatic carboxylic acids is 1. The van der Waals surface area contributed by atoms with Gasteiger partial charge in [0.15, 0.2) is 0 Å². The first-order chi connectivity index (χ1) is 9.18. The van der Waals surface area contributed by atoms with Crippen LogP contribution < -0.4 is 5.32 Å². The molecule has 0 spiro atoms. The molecule has 1 heterocycles. The highest BCUT2D eigenvalue weighted by Gasteiger charge is 2.20. The molecule has 2 atom stereocenters. The van der Waals surface area contributed by atoms with Gasteiger partial charge in [-0.25, -0.2) is 0 Å². The lowest BCUT2D eigenvalue weighted by Gasteiger charge is -2.17. The largest absolute Gasteiger partial charge is 0.481 e. The van der Waals surface area contributed by atoms with E-state index in [1.165, 1.54) is 0 Å². The standard InChI is InChI=1S/C15H17NO3/c1-11(14-8-5-9-19-14)16-10-13(15(17)18)12-6-3-2-4-7-12/h2-9,11,13,16H,10H2,1H3,(H,17,18). The van der Waals surface area contributed by atoms with E-state index in [0.717, 1.165) is 11.3 Å². The number of hydrogen-bond acceptors (Lipinski definition) is 3. The summed E-state index contributed by atoms with van der Waals surface area (Å²) < 4.78 is 5.28. The van der Waals surface area contributed by atoms with Crippen molar-refractivity contribution < 1.29 is 14.3 Å². The Labute approximate surface area is 112 Å². The summed E-state index contributed by atoms with van der Waals surface area (Å²) in [5.74, 6) is -0.582. The molecular weight excluding hydrogens is 242 g/mol. The molecule has 0 saturated carbocycles. The molecule has 0 aliphatic carbocycles. The van der Waals surface area contributed by atoms with Crippen molar-refractivity contribution in [2.75, 3.05) is 6.54 Å². The first kappa shape index (κ1) is 13.4. The van der Waals surface area contributed by atoms with Gasteiger partial charge in [0, 0.05) is 6.54 Å². The van der Waals surface area contributed by atoms with E-state index in [-0.39, 0.29) is 6.04 Å². The minimum atomic E-state index is -0.828. The summed E-state index contributed by atoms with van der Waals surface area (Å²) in [5.41, 5.74) is 0.800. The molecule has 1 aromatic heterocycles. The fourth-order valence-corrected chi connectivity index (χ4v) is 1.97. The second-order valence-corrected chi connectivity index (χ2v) is 4.45. The molecule has 2 aromatic rings. The van der Waals surface area contributed by atoms with Gasteiger partial charge in [0.1, 0.15) is 5.76 Å². The Morgan fingerprint density at radius 2 is 2.00 bits per heavy atom. The quantitative estimate of drug-likeness (QED) is 0.837. The van der Waals surface area contributed by atoms with E-state index in [1.807, 2.05) is 49.4 Å². The van der Waals surface area contributed by atoms with Crippen LogP contribution in [0, 0.1) is 0 Å². The van der Waals surface area contributed by atoms with Crippen LogP contribution in [-0.2, 0) is 4.79 Å². The van der Waals surface area contributed by atoms with Crippen molar-refractivity contribution >= 4 is 5.97 Å². The Morgan fingerprint density at radius 3 is 2.58 bits per heavy atom. The highest BCUT2D eigenvalue weighted by molar-refractivity contribution is 5.76. The van der Waals surface area contributed by atoms with Crippen molar-refractivity contribution in [3.8, 4) is 0 Å². The van der Waals surface area contributed by atoms with E-state index >= 15 is 0 Å². The van der Waals surface area contributed by atoms with Crippen LogP contribution in [0.15, 0.2) is 53.1 Å². The number of furan rings is 1. The van der Waals surface area contributed by atoms with Crippen molar-refractivity contribution in [3.05, 3.63) is 60.1 Å². The molecule has 0 saturated heterocycles. The molecule has 4 nitrogen and oxygen atoms in total. The van der Waals surface area contributed by atoms with Crippen LogP contribution in [0.1, 0.15) is 30.2 Å². The van der Waals surface area contributed by atoms with Crippen LogP contribution >= 0.6 is 0 Å². The first-order valence-corrected chi connectivity index (χ1v) is 6.23. The molecule has 4 heteroatoms. The van der Waals surface area contributed by atoms with E-state index in [0.29, 0.717) is 6.54 Å². The van der Waals surface area contributed by atoms with Crippen molar-refractivity contribution in [2.45, 2.75) is 18.9 Å². The van der Waals surface area contributed by atoms with E-state index in [4.69, 9.17) is 4.42 Å². The maximum atomic E-state index is 11.3. The van der Waals surface area contributed by atoms with Crippen molar-refractivity contribution in [3.63, 3.8) is 0 Å². The van der Waals surface area contributed by atoms with Crippen LogP contribution in [0.5, 0.6) is 0 Å². The summed E-state index contributed by atoms with van der Waals surface area (Å²) in [6.45, 7) is 2.31. The maximum Gasteiger partial charge on any atom is 0.312 e. The molecule has 19 heavy (non-hydrogen) atoms. The number of nitrogens with one attached hydrogen (secondary N) is 1. The van der Waals surface area contributed by atoms with E-state index in [1.54, 1.807) is 6.26 Å². The zero-order chi connectivity index (χ0) is 13.7. The van der Waals surface area contributed by atoms with Crippen LogP contribution in [0.2, 0.25) is 0 Å². The lowest BCUT2D eigenvalue weighted by Crippen LogP contribution is -2.28. The van der Waals surface area contributed by atoms with Crippen molar-refractivity contribution in [1.82, 2.24) is 5.32 Å². The number of carboxylic acid groups (broad SMARTS) is 1. The smallest absolute Gasteiger partial charge is 0.312 e. The number of carboxylic acids is 1. The molecule has 1 aromatic carbocycles. The third-order valence-electron chi connectivity index (χ3n) is 3.10. The van der Waals surface area contributed by atoms with Crippen LogP contribution in [-0.4, -0.2) is 17.6 Å².